The van der Waals surface area contributed by atoms with Crippen LogP contribution in [-0.2, 0) is 26.0 Å². The van der Waals surface area contributed by atoms with Crippen LogP contribution < -0.4 is 5.32 Å². The number of sulfonamides is 1. The van der Waals surface area contributed by atoms with Crippen molar-refractivity contribution in [2.24, 2.45) is 23.7 Å². The first kappa shape index (κ1) is 24.2. The second kappa shape index (κ2) is 9.29. The summed E-state index contributed by atoms with van der Waals surface area (Å²) < 4.78 is 27.8. The van der Waals surface area contributed by atoms with Crippen molar-refractivity contribution in [2.75, 3.05) is 18.4 Å². The molecule has 5 fully saturated rings. The van der Waals surface area contributed by atoms with Crippen molar-refractivity contribution < 1.29 is 13.2 Å². The lowest BCUT2D eigenvalue weighted by molar-refractivity contribution is -0.120. The lowest BCUT2D eigenvalue weighted by atomic mass is 9.48. The predicted octanol–water partition coefficient (Wildman–Crippen LogP) is 5.64. The van der Waals surface area contributed by atoms with Crippen molar-refractivity contribution >= 4 is 21.6 Å². The van der Waals surface area contributed by atoms with E-state index in [-0.39, 0.29) is 24.1 Å². The standard InChI is InChI=1S/C30H38N2O3S/c1-21-5-2-3-6-26(21)20-36(34,35)32-12-4-7-25(19-32)29(33)31-28-10-8-27(9-11-28)30-16-22-13-23(17-30)15-24(14-22)18-30/h2-3,5-6,8-11,22-25H,4,7,12-20H2,1H3,(H,31,33). The smallest absolute Gasteiger partial charge is 0.228 e. The quantitative estimate of drug-likeness (QED) is 0.551. The fourth-order valence-electron chi connectivity index (χ4n) is 8.08. The summed E-state index contributed by atoms with van der Waals surface area (Å²) in [7, 11) is -3.47. The molecule has 4 saturated carbocycles. The van der Waals surface area contributed by atoms with Crippen LogP contribution in [0, 0.1) is 30.6 Å². The van der Waals surface area contributed by atoms with Crippen molar-refractivity contribution in [1.82, 2.24) is 4.31 Å². The molecule has 2 aromatic rings. The van der Waals surface area contributed by atoms with Gasteiger partial charge in [-0.1, -0.05) is 36.4 Å². The summed E-state index contributed by atoms with van der Waals surface area (Å²) in [5, 5.41) is 3.08. The van der Waals surface area contributed by atoms with Gasteiger partial charge in [0, 0.05) is 18.8 Å². The van der Waals surface area contributed by atoms with Gasteiger partial charge in [-0.2, -0.15) is 0 Å². The number of rotatable bonds is 6. The third kappa shape index (κ3) is 4.63. The normalized spacial score (nSPS) is 31.9. The van der Waals surface area contributed by atoms with E-state index in [1.54, 1.807) is 0 Å². The van der Waals surface area contributed by atoms with Crippen LogP contribution >= 0.6 is 0 Å². The maximum Gasteiger partial charge on any atom is 0.228 e. The summed E-state index contributed by atoms with van der Waals surface area (Å²) in [6.45, 7) is 2.68. The Balaban J connectivity index is 1.10. The lowest BCUT2D eigenvalue weighted by Crippen LogP contribution is -2.48. The molecule has 1 atom stereocenters. The molecule has 1 aliphatic heterocycles. The van der Waals surface area contributed by atoms with E-state index in [0.29, 0.717) is 24.8 Å². The molecule has 1 heterocycles. The van der Waals surface area contributed by atoms with Gasteiger partial charge < -0.3 is 5.32 Å². The first-order valence-electron chi connectivity index (χ1n) is 13.7. The monoisotopic (exact) mass is 506 g/mol. The van der Waals surface area contributed by atoms with Gasteiger partial charge in [0.05, 0.1) is 11.7 Å². The number of piperidine rings is 1. The van der Waals surface area contributed by atoms with Gasteiger partial charge in [0.1, 0.15) is 0 Å². The third-order valence-electron chi connectivity index (χ3n) is 9.55. The molecule has 1 saturated heterocycles. The largest absolute Gasteiger partial charge is 0.326 e. The Hall–Kier alpha value is -2.18. The molecule has 0 radical (unpaired) electrons. The Morgan fingerprint density at radius 2 is 1.61 bits per heavy atom. The second-order valence-electron chi connectivity index (χ2n) is 12.1. The van der Waals surface area contributed by atoms with Crippen LogP contribution in [0.5, 0.6) is 0 Å². The van der Waals surface area contributed by atoms with Crippen LogP contribution in [0.1, 0.15) is 68.1 Å². The highest BCUT2D eigenvalue weighted by molar-refractivity contribution is 7.88. The molecule has 2 aromatic carbocycles. The Morgan fingerprint density at radius 1 is 0.972 bits per heavy atom. The van der Waals surface area contributed by atoms with Gasteiger partial charge in [-0.25, -0.2) is 12.7 Å². The maximum absolute atomic E-state index is 13.1. The number of carbonyl (C=O) groups excluding carboxylic acids is 1. The molecule has 4 bridgehead atoms. The summed E-state index contributed by atoms with van der Waals surface area (Å²) in [5.74, 6) is 2.31. The summed E-state index contributed by atoms with van der Waals surface area (Å²) in [4.78, 5) is 13.1. The fourth-order valence-corrected chi connectivity index (χ4v) is 9.80. The van der Waals surface area contributed by atoms with Crippen LogP contribution in [0.3, 0.4) is 0 Å². The number of nitrogens with one attached hydrogen (secondary N) is 1. The molecule has 1 unspecified atom stereocenters. The number of hydrogen-bond acceptors (Lipinski definition) is 3. The number of hydrogen-bond donors (Lipinski definition) is 1. The molecule has 6 heteroatoms. The first-order valence-corrected chi connectivity index (χ1v) is 15.3. The highest BCUT2D eigenvalue weighted by atomic mass is 32.2. The van der Waals surface area contributed by atoms with Crippen molar-refractivity contribution in [1.29, 1.82) is 0 Å². The molecule has 1 amide bonds. The van der Waals surface area contributed by atoms with Crippen molar-refractivity contribution in [3.63, 3.8) is 0 Å². The molecule has 0 aromatic heterocycles. The summed E-state index contributed by atoms with van der Waals surface area (Å²) in [5.41, 5.74) is 4.42. The summed E-state index contributed by atoms with van der Waals surface area (Å²) in [6, 6.07) is 16.2. The average molecular weight is 507 g/mol. The van der Waals surface area contributed by atoms with Gasteiger partial charge in [0.25, 0.3) is 0 Å². The van der Waals surface area contributed by atoms with Crippen molar-refractivity contribution in [2.45, 2.75) is 69.5 Å². The molecule has 1 N–H and O–H groups in total. The SMILES string of the molecule is Cc1ccccc1CS(=O)(=O)N1CCCC(C(=O)Nc2ccc(C34CC5CC(CC(C5)C3)C4)cc2)C1. The highest BCUT2D eigenvalue weighted by Gasteiger charge is 2.51. The zero-order chi connectivity index (χ0) is 24.9. The van der Waals surface area contributed by atoms with E-state index in [1.165, 1.54) is 48.4 Å². The number of carbonyl (C=O) groups is 1. The van der Waals surface area contributed by atoms with E-state index in [2.05, 4.69) is 29.6 Å². The molecule has 7 rings (SSSR count). The van der Waals surface area contributed by atoms with Crippen molar-refractivity contribution in [3.8, 4) is 0 Å². The van der Waals surface area contributed by atoms with Crippen LogP contribution in [0.15, 0.2) is 48.5 Å². The van der Waals surface area contributed by atoms with E-state index in [4.69, 9.17) is 0 Å². The van der Waals surface area contributed by atoms with Crippen LogP contribution in [0.25, 0.3) is 0 Å². The average Bonchev–Trinajstić information content (AvgIpc) is 2.85. The van der Waals surface area contributed by atoms with E-state index in [9.17, 15) is 13.2 Å². The topological polar surface area (TPSA) is 66.5 Å². The minimum absolute atomic E-state index is 0.0141. The van der Waals surface area contributed by atoms with Crippen molar-refractivity contribution in [3.05, 3.63) is 65.2 Å². The first-order chi connectivity index (χ1) is 17.3. The molecule has 5 aliphatic rings. The van der Waals surface area contributed by atoms with E-state index < -0.39 is 10.0 Å². The second-order valence-corrected chi connectivity index (χ2v) is 14.1. The fraction of sp³-hybridized carbons (Fsp3) is 0.567. The number of aryl methyl sites for hydroxylation is 1. The minimum Gasteiger partial charge on any atom is -0.326 e. The number of nitrogens with zero attached hydrogens (tertiary/aromatic N) is 1. The lowest BCUT2D eigenvalue weighted by Gasteiger charge is -2.57. The van der Waals surface area contributed by atoms with Crippen LogP contribution in [-0.4, -0.2) is 31.7 Å². The third-order valence-corrected chi connectivity index (χ3v) is 11.3. The Kier molecular flexibility index (Phi) is 6.24. The molecule has 4 aliphatic carbocycles. The zero-order valence-electron chi connectivity index (χ0n) is 21.3. The summed E-state index contributed by atoms with van der Waals surface area (Å²) in [6.07, 6.45) is 9.73. The van der Waals surface area contributed by atoms with Crippen LogP contribution in [0.2, 0.25) is 0 Å². The van der Waals surface area contributed by atoms with Gasteiger partial charge in [0.15, 0.2) is 0 Å². The highest BCUT2D eigenvalue weighted by Crippen LogP contribution is 2.60. The molecule has 192 valence electrons. The zero-order valence-corrected chi connectivity index (χ0v) is 22.1. The molecular weight excluding hydrogens is 468 g/mol. The van der Waals surface area contributed by atoms with E-state index in [1.807, 2.05) is 31.2 Å². The number of anilines is 1. The Bertz CT molecular complexity index is 1200. The number of amides is 1. The van der Waals surface area contributed by atoms with E-state index in [0.717, 1.165) is 34.6 Å². The van der Waals surface area contributed by atoms with E-state index >= 15 is 0 Å². The van der Waals surface area contributed by atoms with Gasteiger partial charge in [0.2, 0.25) is 15.9 Å². The molecule has 0 spiro atoms. The summed E-state index contributed by atoms with van der Waals surface area (Å²) >= 11 is 0. The molecule has 36 heavy (non-hydrogen) atoms. The predicted molar refractivity (Wildman–Crippen MR) is 143 cm³/mol. The molecule has 5 nitrogen and oxygen atoms in total. The van der Waals surface area contributed by atoms with Gasteiger partial charge in [-0.3, -0.25) is 4.79 Å². The minimum atomic E-state index is -3.47. The van der Waals surface area contributed by atoms with Crippen LogP contribution in [0.4, 0.5) is 5.69 Å². The Morgan fingerprint density at radius 3 is 2.25 bits per heavy atom. The maximum atomic E-state index is 13.1. The Labute approximate surface area is 215 Å². The van der Waals surface area contributed by atoms with Gasteiger partial charge >= 0.3 is 0 Å². The molecular formula is C30H38N2O3S. The number of benzene rings is 2. The van der Waals surface area contributed by atoms with Gasteiger partial charge in [-0.05, 0) is 110 Å². The van der Waals surface area contributed by atoms with Gasteiger partial charge in [-0.15, -0.1) is 0 Å².